The molecule has 0 bridgehead atoms. The van der Waals surface area contributed by atoms with Crippen LogP contribution in [0.5, 0.6) is 0 Å². The summed E-state index contributed by atoms with van der Waals surface area (Å²) in [6.45, 7) is 6.67. The fourth-order valence-electron chi connectivity index (χ4n) is 2.59. The summed E-state index contributed by atoms with van der Waals surface area (Å²) in [6.07, 6.45) is 4.61. The molecule has 1 aromatic heterocycles. The summed E-state index contributed by atoms with van der Waals surface area (Å²) >= 11 is 6.12. The Morgan fingerprint density at radius 1 is 1.35 bits per heavy atom. The van der Waals surface area contributed by atoms with Crippen molar-refractivity contribution >= 4 is 17.4 Å². The van der Waals surface area contributed by atoms with Crippen LogP contribution < -0.4 is 5.32 Å². The lowest BCUT2D eigenvalue weighted by Gasteiger charge is -2.35. The highest BCUT2D eigenvalue weighted by atomic mass is 35.5. The quantitative estimate of drug-likeness (QED) is 0.837. The molecule has 1 saturated carbocycles. The van der Waals surface area contributed by atoms with Gasteiger partial charge >= 0.3 is 0 Å². The molecule has 0 aliphatic heterocycles. The molecule has 2 N–H and O–H groups in total. The maximum atomic E-state index is 10.6. The molecule has 0 atom stereocenters. The van der Waals surface area contributed by atoms with E-state index < -0.39 is 5.60 Å². The topological polar surface area (TPSA) is 58.0 Å². The van der Waals surface area contributed by atoms with Gasteiger partial charge in [0, 0.05) is 18.5 Å². The average molecular weight is 298 g/mol. The highest BCUT2D eigenvalue weighted by molar-refractivity contribution is 6.30. The first-order valence-electron chi connectivity index (χ1n) is 7.43. The van der Waals surface area contributed by atoms with Crippen LogP contribution in [0.2, 0.25) is 5.15 Å². The standard InChI is InChI=1S/C15H24ClN3O/c1-4-12-18-13(16)11(3)14(19-12)17-9-15(20)7-5-10(2)6-8-15/h10,20H,4-9H2,1-3H3,(H,17,18,19). The largest absolute Gasteiger partial charge is 0.388 e. The number of rotatable bonds is 4. The normalized spacial score (nSPS) is 26.6. The smallest absolute Gasteiger partial charge is 0.137 e. The number of nitrogens with zero attached hydrogens (tertiary/aromatic N) is 2. The zero-order chi connectivity index (χ0) is 14.8. The van der Waals surface area contributed by atoms with E-state index in [0.29, 0.717) is 11.7 Å². The lowest BCUT2D eigenvalue weighted by atomic mass is 9.79. The molecular formula is C15H24ClN3O. The molecular weight excluding hydrogens is 274 g/mol. The van der Waals surface area contributed by atoms with Crippen LogP contribution in [0.4, 0.5) is 5.82 Å². The second kappa shape index (κ2) is 6.27. The molecule has 1 aromatic rings. The van der Waals surface area contributed by atoms with E-state index in [0.717, 1.165) is 55.2 Å². The van der Waals surface area contributed by atoms with Crippen LogP contribution in [0.25, 0.3) is 0 Å². The second-order valence-corrected chi connectivity index (χ2v) is 6.38. The lowest BCUT2D eigenvalue weighted by molar-refractivity contribution is 0.00493. The van der Waals surface area contributed by atoms with Crippen LogP contribution in [-0.2, 0) is 6.42 Å². The van der Waals surface area contributed by atoms with Crippen LogP contribution in [0.3, 0.4) is 0 Å². The Balaban J connectivity index is 2.05. The van der Waals surface area contributed by atoms with Crippen molar-refractivity contribution in [3.63, 3.8) is 0 Å². The van der Waals surface area contributed by atoms with E-state index >= 15 is 0 Å². The minimum Gasteiger partial charge on any atom is -0.388 e. The van der Waals surface area contributed by atoms with Gasteiger partial charge in [-0.1, -0.05) is 25.4 Å². The molecule has 0 saturated heterocycles. The fourth-order valence-corrected chi connectivity index (χ4v) is 2.77. The van der Waals surface area contributed by atoms with E-state index in [1.807, 2.05) is 13.8 Å². The number of aromatic nitrogens is 2. The SMILES string of the molecule is CCc1nc(Cl)c(C)c(NCC2(O)CCC(C)CC2)n1. The molecule has 0 radical (unpaired) electrons. The Morgan fingerprint density at radius 2 is 2.00 bits per heavy atom. The van der Waals surface area contributed by atoms with E-state index in [2.05, 4.69) is 22.2 Å². The molecule has 0 aromatic carbocycles. The van der Waals surface area contributed by atoms with Gasteiger partial charge in [0.2, 0.25) is 0 Å². The average Bonchev–Trinajstić information content (AvgIpc) is 2.44. The summed E-state index contributed by atoms with van der Waals surface area (Å²) in [5.41, 5.74) is 0.222. The second-order valence-electron chi connectivity index (χ2n) is 6.02. The number of nitrogens with one attached hydrogen (secondary N) is 1. The van der Waals surface area contributed by atoms with Gasteiger partial charge in [-0.05, 0) is 38.5 Å². The maximum absolute atomic E-state index is 10.6. The van der Waals surface area contributed by atoms with Crippen molar-refractivity contribution < 1.29 is 5.11 Å². The number of hydrogen-bond acceptors (Lipinski definition) is 4. The van der Waals surface area contributed by atoms with Crippen molar-refractivity contribution in [2.75, 3.05) is 11.9 Å². The summed E-state index contributed by atoms with van der Waals surface area (Å²) in [4.78, 5) is 8.69. The molecule has 4 nitrogen and oxygen atoms in total. The van der Waals surface area contributed by atoms with E-state index in [9.17, 15) is 5.11 Å². The van der Waals surface area contributed by atoms with Gasteiger partial charge in [-0.2, -0.15) is 0 Å². The molecule has 112 valence electrons. The van der Waals surface area contributed by atoms with E-state index in [1.54, 1.807) is 0 Å². The van der Waals surface area contributed by atoms with Crippen molar-refractivity contribution in [1.29, 1.82) is 0 Å². The van der Waals surface area contributed by atoms with Gasteiger partial charge in [-0.3, -0.25) is 0 Å². The monoisotopic (exact) mass is 297 g/mol. The Bertz CT molecular complexity index is 470. The number of halogens is 1. The third kappa shape index (κ3) is 3.61. The number of aryl methyl sites for hydroxylation is 1. The molecule has 1 aliphatic carbocycles. The molecule has 2 rings (SSSR count). The van der Waals surface area contributed by atoms with Crippen LogP contribution >= 0.6 is 11.6 Å². The van der Waals surface area contributed by atoms with Crippen LogP contribution in [0.15, 0.2) is 0 Å². The third-order valence-corrected chi connectivity index (χ3v) is 4.61. The van der Waals surface area contributed by atoms with Crippen molar-refractivity contribution in [3.8, 4) is 0 Å². The Kier molecular flexibility index (Phi) is 4.86. The van der Waals surface area contributed by atoms with E-state index in [-0.39, 0.29) is 0 Å². The summed E-state index contributed by atoms with van der Waals surface area (Å²) in [5, 5.41) is 14.4. The van der Waals surface area contributed by atoms with Crippen LogP contribution in [0, 0.1) is 12.8 Å². The number of anilines is 1. The van der Waals surface area contributed by atoms with Gasteiger partial charge in [0.15, 0.2) is 0 Å². The predicted octanol–water partition coefficient (Wildman–Crippen LogP) is 3.35. The van der Waals surface area contributed by atoms with Crippen LogP contribution in [-0.4, -0.2) is 27.2 Å². The Morgan fingerprint density at radius 3 is 2.60 bits per heavy atom. The maximum Gasteiger partial charge on any atom is 0.137 e. The summed E-state index contributed by atoms with van der Waals surface area (Å²) < 4.78 is 0. The summed E-state index contributed by atoms with van der Waals surface area (Å²) in [7, 11) is 0. The molecule has 5 heteroatoms. The van der Waals surface area contributed by atoms with Crippen LogP contribution in [0.1, 0.15) is 50.9 Å². The number of aliphatic hydroxyl groups is 1. The van der Waals surface area contributed by atoms with Gasteiger partial charge in [-0.15, -0.1) is 0 Å². The van der Waals surface area contributed by atoms with Gasteiger partial charge in [-0.25, -0.2) is 9.97 Å². The van der Waals surface area contributed by atoms with Crippen molar-refractivity contribution in [2.24, 2.45) is 5.92 Å². The lowest BCUT2D eigenvalue weighted by Crippen LogP contribution is -2.40. The zero-order valence-electron chi connectivity index (χ0n) is 12.5. The molecule has 0 spiro atoms. The molecule has 0 amide bonds. The first kappa shape index (κ1) is 15.5. The van der Waals surface area contributed by atoms with E-state index in [1.165, 1.54) is 0 Å². The van der Waals surface area contributed by atoms with Crippen molar-refractivity contribution in [3.05, 3.63) is 16.5 Å². The molecule has 0 unspecified atom stereocenters. The number of hydrogen-bond donors (Lipinski definition) is 2. The summed E-state index contributed by atoms with van der Waals surface area (Å²) in [5.74, 6) is 2.19. The third-order valence-electron chi connectivity index (χ3n) is 4.24. The van der Waals surface area contributed by atoms with Gasteiger partial charge in [0.1, 0.15) is 16.8 Å². The first-order chi connectivity index (χ1) is 9.43. The molecule has 1 heterocycles. The van der Waals surface area contributed by atoms with Crippen molar-refractivity contribution in [1.82, 2.24) is 9.97 Å². The fraction of sp³-hybridized carbons (Fsp3) is 0.733. The van der Waals surface area contributed by atoms with Gasteiger partial charge in [0.05, 0.1) is 5.60 Å². The van der Waals surface area contributed by atoms with Gasteiger partial charge in [0.25, 0.3) is 0 Å². The molecule has 20 heavy (non-hydrogen) atoms. The van der Waals surface area contributed by atoms with Gasteiger partial charge < -0.3 is 10.4 Å². The first-order valence-corrected chi connectivity index (χ1v) is 7.80. The van der Waals surface area contributed by atoms with E-state index in [4.69, 9.17) is 11.6 Å². The highest BCUT2D eigenvalue weighted by Gasteiger charge is 2.31. The molecule has 1 fully saturated rings. The minimum atomic E-state index is -0.622. The predicted molar refractivity (Wildman–Crippen MR) is 82.2 cm³/mol. The molecule has 1 aliphatic rings. The minimum absolute atomic E-state index is 0.489. The highest BCUT2D eigenvalue weighted by Crippen LogP contribution is 2.32. The van der Waals surface area contributed by atoms with Crippen molar-refractivity contribution in [2.45, 2.75) is 58.5 Å². The Hall–Kier alpha value is -0.870. The summed E-state index contributed by atoms with van der Waals surface area (Å²) in [6, 6.07) is 0. The zero-order valence-corrected chi connectivity index (χ0v) is 13.3. The Labute approximate surface area is 126 Å².